The third-order valence-corrected chi connectivity index (χ3v) is 7.29. The summed E-state index contributed by atoms with van der Waals surface area (Å²) in [6.07, 6.45) is 5.93. The quantitative estimate of drug-likeness (QED) is 0.532. The van der Waals surface area contributed by atoms with E-state index in [0.29, 0.717) is 5.92 Å². The van der Waals surface area contributed by atoms with Gasteiger partial charge in [0, 0.05) is 10.8 Å². The molecule has 0 saturated heterocycles. The monoisotopic (exact) mass is 375 g/mol. The van der Waals surface area contributed by atoms with Crippen LogP contribution in [0.1, 0.15) is 37.4 Å². The first-order chi connectivity index (χ1) is 12.9. The van der Waals surface area contributed by atoms with Crippen LogP contribution in [0.5, 0.6) is 0 Å². The molecule has 0 radical (unpaired) electrons. The summed E-state index contributed by atoms with van der Waals surface area (Å²) in [4.78, 5) is 0. The van der Waals surface area contributed by atoms with Gasteiger partial charge in [-0.2, -0.15) is 0 Å². The van der Waals surface area contributed by atoms with Gasteiger partial charge in [0.1, 0.15) is 11.2 Å². The van der Waals surface area contributed by atoms with E-state index in [4.69, 9.17) is 4.42 Å². The molecule has 1 aromatic heterocycles. The van der Waals surface area contributed by atoms with Gasteiger partial charge in [-0.1, -0.05) is 51.2 Å². The summed E-state index contributed by atoms with van der Waals surface area (Å²) in [5.74, 6) is 0.674. The minimum atomic E-state index is -0.850. The Morgan fingerprint density at radius 3 is 2.59 bits per heavy atom. The molecule has 3 heteroatoms. The molecule has 0 amide bonds. The number of nitrogens with one attached hydrogen (secondary N) is 1. The van der Waals surface area contributed by atoms with Crippen LogP contribution in [0.15, 0.2) is 63.9 Å². The van der Waals surface area contributed by atoms with E-state index in [1.54, 1.807) is 10.8 Å². The van der Waals surface area contributed by atoms with Crippen molar-refractivity contribution in [1.29, 1.82) is 0 Å². The van der Waals surface area contributed by atoms with E-state index in [0.717, 1.165) is 17.6 Å². The fraction of sp³-hybridized carbons (Fsp3) is 0.333. The Labute approximate surface area is 163 Å². The summed E-state index contributed by atoms with van der Waals surface area (Å²) in [6, 6.07) is 13.1. The summed E-state index contributed by atoms with van der Waals surface area (Å²) in [7, 11) is -0.850. The maximum atomic E-state index is 6.06. The predicted octanol–water partition coefficient (Wildman–Crippen LogP) is 6.42. The Kier molecular flexibility index (Phi) is 4.73. The minimum absolute atomic E-state index is 0.230. The van der Waals surface area contributed by atoms with Crippen LogP contribution in [0.2, 0.25) is 13.1 Å². The van der Waals surface area contributed by atoms with Crippen molar-refractivity contribution in [2.45, 2.75) is 46.3 Å². The number of hydrogen-bond donors (Lipinski definition) is 1. The van der Waals surface area contributed by atoms with Crippen LogP contribution in [0.4, 0.5) is 0 Å². The van der Waals surface area contributed by atoms with Crippen molar-refractivity contribution in [3.8, 4) is 0 Å². The van der Waals surface area contributed by atoms with Crippen LogP contribution in [0, 0.1) is 12.8 Å². The van der Waals surface area contributed by atoms with Gasteiger partial charge < -0.3 is 9.73 Å². The highest BCUT2D eigenvalue weighted by Crippen LogP contribution is 2.35. The van der Waals surface area contributed by atoms with E-state index in [-0.39, 0.29) is 6.04 Å². The first-order valence-electron chi connectivity index (χ1n) is 10.0. The average Bonchev–Trinajstić information content (AvgIpc) is 2.97. The van der Waals surface area contributed by atoms with Gasteiger partial charge in [-0.05, 0) is 65.6 Å². The summed E-state index contributed by atoms with van der Waals surface area (Å²) in [6.45, 7) is 11.6. The lowest BCUT2D eigenvalue weighted by atomic mass is 9.92. The smallest absolute Gasteiger partial charge is 0.135 e. The van der Waals surface area contributed by atoms with Crippen molar-refractivity contribution in [1.82, 2.24) is 5.32 Å². The number of para-hydroxylation sites is 1. The highest BCUT2D eigenvalue weighted by atomic mass is 28.3. The first-order valence-corrected chi connectivity index (χ1v) is 12.9. The Bertz CT molecular complexity index is 1050. The van der Waals surface area contributed by atoms with Gasteiger partial charge in [-0.15, -0.1) is 0 Å². The van der Waals surface area contributed by atoms with Crippen molar-refractivity contribution in [3.05, 3.63) is 70.6 Å². The SMILES string of the molecule is Cc1cc2oc3ccccc3c2cc1C1C=C(CC(C)C)C([SiH](C)C)=CN1. The highest BCUT2D eigenvalue weighted by molar-refractivity contribution is 6.65. The molecule has 1 aliphatic heterocycles. The van der Waals surface area contributed by atoms with Crippen LogP contribution < -0.4 is 5.32 Å². The molecule has 2 aromatic carbocycles. The van der Waals surface area contributed by atoms with E-state index in [1.807, 2.05) is 12.1 Å². The molecule has 1 atom stereocenters. The molecule has 140 valence electrons. The van der Waals surface area contributed by atoms with Crippen LogP contribution in [0.25, 0.3) is 21.9 Å². The molecule has 1 unspecified atom stereocenters. The number of hydrogen-bond acceptors (Lipinski definition) is 2. The van der Waals surface area contributed by atoms with E-state index in [1.165, 1.54) is 21.9 Å². The van der Waals surface area contributed by atoms with Gasteiger partial charge in [0.25, 0.3) is 0 Å². The maximum absolute atomic E-state index is 6.06. The second kappa shape index (κ2) is 7.04. The number of aryl methyl sites for hydroxylation is 1. The average molecular weight is 376 g/mol. The number of benzene rings is 2. The van der Waals surface area contributed by atoms with Gasteiger partial charge in [0.15, 0.2) is 0 Å². The molecule has 1 N–H and O–H groups in total. The minimum Gasteiger partial charge on any atom is -0.456 e. The van der Waals surface area contributed by atoms with Crippen LogP contribution in [-0.2, 0) is 0 Å². The Morgan fingerprint density at radius 2 is 1.85 bits per heavy atom. The van der Waals surface area contributed by atoms with E-state index < -0.39 is 8.80 Å². The van der Waals surface area contributed by atoms with Crippen LogP contribution in [0.3, 0.4) is 0 Å². The van der Waals surface area contributed by atoms with Gasteiger partial charge >= 0.3 is 0 Å². The number of fused-ring (bicyclic) bond motifs is 3. The lowest BCUT2D eigenvalue weighted by molar-refractivity contribution is 0.631. The third kappa shape index (κ3) is 3.36. The molecule has 3 aromatic rings. The van der Waals surface area contributed by atoms with Gasteiger partial charge in [-0.3, -0.25) is 0 Å². The number of furan rings is 1. The van der Waals surface area contributed by atoms with Crippen molar-refractivity contribution < 1.29 is 4.42 Å². The lowest BCUT2D eigenvalue weighted by Gasteiger charge is -2.27. The molecule has 2 heterocycles. The van der Waals surface area contributed by atoms with Crippen molar-refractivity contribution in [2.75, 3.05) is 0 Å². The fourth-order valence-corrected chi connectivity index (χ4v) is 5.57. The molecule has 0 saturated carbocycles. The standard InChI is InChI=1S/C24H29NOSi/c1-15(2)10-17-12-21(25-14-24(17)27(4)5)19-13-20-18-8-6-7-9-22(18)26-23(20)11-16(19)3/h6-9,11-15,21,25,27H,10H2,1-5H3. The molecule has 0 bridgehead atoms. The topological polar surface area (TPSA) is 25.2 Å². The van der Waals surface area contributed by atoms with Gasteiger partial charge in [-0.25, -0.2) is 0 Å². The number of allylic oxidation sites excluding steroid dienone is 2. The molecule has 1 aliphatic rings. The van der Waals surface area contributed by atoms with E-state index >= 15 is 0 Å². The molecule has 27 heavy (non-hydrogen) atoms. The molecular formula is C24H29NOSi. The highest BCUT2D eigenvalue weighted by Gasteiger charge is 2.22. The lowest BCUT2D eigenvalue weighted by Crippen LogP contribution is -2.24. The summed E-state index contributed by atoms with van der Waals surface area (Å²) < 4.78 is 6.06. The molecule has 2 nitrogen and oxygen atoms in total. The predicted molar refractivity (Wildman–Crippen MR) is 119 cm³/mol. The molecule has 0 aliphatic carbocycles. The van der Waals surface area contributed by atoms with E-state index in [9.17, 15) is 0 Å². The maximum Gasteiger partial charge on any atom is 0.135 e. The van der Waals surface area contributed by atoms with Gasteiger partial charge in [0.05, 0.1) is 14.8 Å². The first kappa shape index (κ1) is 18.1. The summed E-state index contributed by atoms with van der Waals surface area (Å²) >= 11 is 0. The zero-order chi connectivity index (χ0) is 19.1. The Balaban J connectivity index is 1.80. The molecule has 4 rings (SSSR count). The normalized spacial score (nSPS) is 17.5. The van der Waals surface area contributed by atoms with E-state index in [2.05, 4.69) is 75.7 Å². The molecule has 0 fully saturated rings. The van der Waals surface area contributed by atoms with Crippen LogP contribution >= 0.6 is 0 Å². The van der Waals surface area contributed by atoms with Crippen molar-refractivity contribution in [3.63, 3.8) is 0 Å². The fourth-order valence-electron chi connectivity index (χ4n) is 4.19. The summed E-state index contributed by atoms with van der Waals surface area (Å²) in [5.41, 5.74) is 6.11. The number of dihydropyridines is 1. The Hall–Kier alpha value is -2.26. The molecular weight excluding hydrogens is 346 g/mol. The second-order valence-electron chi connectivity index (χ2n) is 8.49. The second-order valence-corrected chi connectivity index (χ2v) is 11.4. The van der Waals surface area contributed by atoms with Gasteiger partial charge in [0.2, 0.25) is 0 Å². The zero-order valence-corrected chi connectivity index (χ0v) is 18.1. The third-order valence-electron chi connectivity index (χ3n) is 5.51. The summed E-state index contributed by atoms with van der Waals surface area (Å²) in [5, 5.41) is 7.66. The Morgan fingerprint density at radius 1 is 1.07 bits per heavy atom. The van der Waals surface area contributed by atoms with Crippen LogP contribution in [-0.4, -0.2) is 8.80 Å². The molecule has 0 spiro atoms. The zero-order valence-electron chi connectivity index (χ0n) is 17.0. The number of rotatable bonds is 4. The van der Waals surface area contributed by atoms with Crippen molar-refractivity contribution >= 4 is 30.7 Å². The largest absolute Gasteiger partial charge is 0.456 e. The van der Waals surface area contributed by atoms with Crippen molar-refractivity contribution in [2.24, 2.45) is 5.92 Å².